The van der Waals surface area contributed by atoms with Gasteiger partial charge in [0.25, 0.3) is 0 Å². The summed E-state index contributed by atoms with van der Waals surface area (Å²) < 4.78 is 2.16. The van der Waals surface area contributed by atoms with E-state index in [4.69, 9.17) is 11.6 Å². The molecule has 0 N–H and O–H groups in total. The van der Waals surface area contributed by atoms with Crippen LogP contribution in [0, 0.1) is 0 Å². The van der Waals surface area contributed by atoms with Gasteiger partial charge in [-0.05, 0) is 0 Å². The van der Waals surface area contributed by atoms with Crippen molar-refractivity contribution in [1.82, 2.24) is 19.7 Å². The Balaban J connectivity index is 1.88. The topological polar surface area (TPSA) is 46.8 Å². The smallest absolute Gasteiger partial charge is 0.153 e. The van der Waals surface area contributed by atoms with Gasteiger partial charge in [0, 0.05) is 31.5 Å². The molecule has 3 rings (SSSR count). The van der Waals surface area contributed by atoms with Crippen molar-refractivity contribution >= 4 is 17.3 Å². The maximum atomic E-state index is 5.82. The minimum Gasteiger partial charge on any atom is -0.361 e. The maximum Gasteiger partial charge on any atom is 0.153 e. The molecule has 0 fully saturated rings. The number of hydrogen-bond acceptors (Lipinski definition) is 4. The molecule has 2 aromatic rings. The van der Waals surface area contributed by atoms with Gasteiger partial charge in [-0.3, -0.25) is 0 Å². The van der Waals surface area contributed by atoms with Crippen LogP contribution < -0.4 is 4.90 Å². The first kappa shape index (κ1) is 9.59. The number of fused-ring (bicyclic) bond motifs is 1. The molecule has 1 aliphatic heterocycles. The summed E-state index contributed by atoms with van der Waals surface area (Å²) in [4.78, 5) is 6.50. The van der Waals surface area contributed by atoms with Crippen LogP contribution in [0.15, 0.2) is 24.7 Å². The van der Waals surface area contributed by atoms with Gasteiger partial charge < -0.3 is 9.47 Å². The molecule has 1 aliphatic rings. The molecule has 6 heteroatoms. The van der Waals surface area contributed by atoms with E-state index in [1.807, 2.05) is 18.5 Å². The number of nitrogens with zero attached hydrogens (tertiary/aromatic N) is 5. The number of aromatic nitrogens is 4. The third kappa shape index (κ3) is 1.63. The SMILES string of the molecule is Clc1cc(N2CCn3ccnc3C2)cnn1. The molecule has 3 heterocycles. The van der Waals surface area contributed by atoms with E-state index >= 15 is 0 Å². The number of imidazole rings is 1. The maximum absolute atomic E-state index is 5.82. The number of anilines is 1. The van der Waals surface area contributed by atoms with Crippen molar-refractivity contribution < 1.29 is 0 Å². The summed E-state index contributed by atoms with van der Waals surface area (Å²) >= 11 is 5.82. The predicted octanol–water partition coefficient (Wildman–Crippen LogP) is 1.35. The second kappa shape index (κ2) is 3.75. The van der Waals surface area contributed by atoms with Crippen molar-refractivity contribution in [2.75, 3.05) is 11.4 Å². The molecule has 2 aromatic heterocycles. The van der Waals surface area contributed by atoms with Crippen LogP contribution >= 0.6 is 11.6 Å². The zero-order valence-electron chi connectivity index (χ0n) is 8.54. The Morgan fingerprint density at radius 1 is 1.31 bits per heavy atom. The number of halogens is 1. The van der Waals surface area contributed by atoms with Gasteiger partial charge in [-0.2, -0.15) is 5.10 Å². The molecule has 0 radical (unpaired) electrons. The first-order valence-electron chi connectivity index (χ1n) is 5.06. The Hall–Kier alpha value is -1.62. The van der Waals surface area contributed by atoms with Gasteiger partial charge in [-0.1, -0.05) is 11.6 Å². The van der Waals surface area contributed by atoms with E-state index in [0.29, 0.717) is 5.15 Å². The zero-order valence-corrected chi connectivity index (χ0v) is 9.30. The first-order valence-corrected chi connectivity index (χ1v) is 5.44. The van der Waals surface area contributed by atoms with Crippen molar-refractivity contribution in [3.8, 4) is 0 Å². The van der Waals surface area contributed by atoms with Crippen molar-refractivity contribution in [2.45, 2.75) is 13.1 Å². The Bertz CT molecular complexity index is 509. The Morgan fingerprint density at radius 2 is 2.25 bits per heavy atom. The van der Waals surface area contributed by atoms with E-state index in [2.05, 4.69) is 24.6 Å². The highest BCUT2D eigenvalue weighted by Crippen LogP contribution is 2.20. The molecule has 0 saturated carbocycles. The lowest BCUT2D eigenvalue weighted by Gasteiger charge is -2.29. The van der Waals surface area contributed by atoms with Crippen LogP contribution in [0.4, 0.5) is 5.69 Å². The van der Waals surface area contributed by atoms with Gasteiger partial charge in [0.15, 0.2) is 5.15 Å². The lowest BCUT2D eigenvalue weighted by atomic mass is 10.3. The fourth-order valence-corrected chi connectivity index (χ4v) is 2.05. The molecule has 0 amide bonds. The average Bonchev–Trinajstić information content (AvgIpc) is 2.75. The third-order valence-electron chi connectivity index (χ3n) is 2.72. The van der Waals surface area contributed by atoms with Gasteiger partial charge in [0.05, 0.1) is 18.4 Å². The van der Waals surface area contributed by atoms with E-state index in [1.54, 1.807) is 6.20 Å². The third-order valence-corrected chi connectivity index (χ3v) is 2.90. The molecular formula is C10H10ClN5. The van der Waals surface area contributed by atoms with Crippen molar-refractivity contribution in [2.24, 2.45) is 0 Å². The fourth-order valence-electron chi connectivity index (χ4n) is 1.90. The van der Waals surface area contributed by atoms with Crippen molar-refractivity contribution in [3.05, 3.63) is 35.6 Å². The largest absolute Gasteiger partial charge is 0.361 e. The van der Waals surface area contributed by atoms with Gasteiger partial charge in [-0.25, -0.2) is 4.98 Å². The second-order valence-corrected chi connectivity index (χ2v) is 4.08. The summed E-state index contributed by atoms with van der Waals surface area (Å²) in [7, 11) is 0. The van der Waals surface area contributed by atoms with Gasteiger partial charge in [-0.15, -0.1) is 5.10 Å². The van der Waals surface area contributed by atoms with Crippen LogP contribution in [-0.2, 0) is 13.1 Å². The predicted molar refractivity (Wildman–Crippen MR) is 60.3 cm³/mol. The van der Waals surface area contributed by atoms with Gasteiger partial charge in [0.2, 0.25) is 0 Å². The molecule has 5 nitrogen and oxygen atoms in total. The molecular weight excluding hydrogens is 226 g/mol. The Kier molecular flexibility index (Phi) is 2.25. The summed E-state index contributed by atoms with van der Waals surface area (Å²) in [6, 6.07) is 1.83. The van der Waals surface area contributed by atoms with E-state index in [1.165, 1.54) is 0 Å². The van der Waals surface area contributed by atoms with E-state index in [9.17, 15) is 0 Å². The second-order valence-electron chi connectivity index (χ2n) is 3.69. The van der Waals surface area contributed by atoms with E-state index < -0.39 is 0 Å². The highest BCUT2D eigenvalue weighted by Gasteiger charge is 2.17. The minimum absolute atomic E-state index is 0.423. The normalized spacial score (nSPS) is 14.9. The van der Waals surface area contributed by atoms with Crippen molar-refractivity contribution in [3.63, 3.8) is 0 Å². The molecule has 16 heavy (non-hydrogen) atoms. The standard InChI is InChI=1S/C10H10ClN5/c11-9-5-8(6-13-14-9)16-4-3-15-2-1-12-10(15)7-16/h1-2,5-6H,3-4,7H2. The van der Waals surface area contributed by atoms with Crippen molar-refractivity contribution in [1.29, 1.82) is 0 Å². The monoisotopic (exact) mass is 235 g/mol. The molecule has 82 valence electrons. The summed E-state index contributed by atoms with van der Waals surface area (Å²) in [5, 5.41) is 8.01. The van der Waals surface area contributed by atoms with E-state index in [0.717, 1.165) is 31.1 Å². The van der Waals surface area contributed by atoms with Crippen LogP contribution in [0.5, 0.6) is 0 Å². The summed E-state index contributed by atoms with van der Waals surface area (Å²) in [6.07, 6.45) is 5.56. The summed E-state index contributed by atoms with van der Waals surface area (Å²) in [6.45, 7) is 2.66. The van der Waals surface area contributed by atoms with Crippen LogP contribution in [0.3, 0.4) is 0 Å². The average molecular weight is 236 g/mol. The van der Waals surface area contributed by atoms with Crippen LogP contribution in [0.1, 0.15) is 5.82 Å². The molecule has 0 unspecified atom stereocenters. The van der Waals surface area contributed by atoms with Crippen LogP contribution in [-0.4, -0.2) is 26.3 Å². The highest BCUT2D eigenvalue weighted by molar-refractivity contribution is 6.29. The van der Waals surface area contributed by atoms with E-state index in [-0.39, 0.29) is 0 Å². The van der Waals surface area contributed by atoms with Crippen LogP contribution in [0.25, 0.3) is 0 Å². The molecule has 0 bridgehead atoms. The van der Waals surface area contributed by atoms with Gasteiger partial charge in [0.1, 0.15) is 5.82 Å². The quantitative estimate of drug-likeness (QED) is 0.749. The highest BCUT2D eigenvalue weighted by atomic mass is 35.5. The minimum atomic E-state index is 0.423. The molecule has 0 aliphatic carbocycles. The first-order chi connectivity index (χ1) is 7.83. The molecule has 0 spiro atoms. The zero-order chi connectivity index (χ0) is 11.0. The summed E-state index contributed by atoms with van der Waals surface area (Å²) in [5.41, 5.74) is 0.995. The fraction of sp³-hybridized carbons (Fsp3) is 0.300. The Labute approximate surface area is 97.7 Å². The van der Waals surface area contributed by atoms with Gasteiger partial charge >= 0.3 is 0 Å². The lowest BCUT2D eigenvalue weighted by Crippen LogP contribution is -2.33. The number of rotatable bonds is 1. The summed E-state index contributed by atoms with van der Waals surface area (Å²) in [5.74, 6) is 1.07. The van der Waals surface area contributed by atoms with Crippen LogP contribution in [0.2, 0.25) is 5.15 Å². The number of hydrogen-bond donors (Lipinski definition) is 0. The lowest BCUT2D eigenvalue weighted by molar-refractivity contribution is 0.559. The molecule has 0 aromatic carbocycles. The Morgan fingerprint density at radius 3 is 3.12 bits per heavy atom. The molecule has 0 saturated heterocycles. The molecule has 0 atom stereocenters.